The molecule has 0 aromatic heterocycles. The van der Waals surface area contributed by atoms with Crippen LogP contribution in [0, 0.1) is 11.8 Å². The first kappa shape index (κ1) is 31.6. The molecule has 12 heteroatoms. The molecular weight excluding hydrogens is 508 g/mol. The fourth-order valence-electron chi connectivity index (χ4n) is 3.25. The first-order valence-electron chi connectivity index (χ1n) is 11.6. The highest BCUT2D eigenvalue weighted by Crippen LogP contribution is 2.31. The van der Waals surface area contributed by atoms with E-state index in [0.717, 1.165) is 49.4 Å². The van der Waals surface area contributed by atoms with Gasteiger partial charge < -0.3 is 35.8 Å². The zero-order chi connectivity index (χ0) is 27.8. The van der Waals surface area contributed by atoms with Crippen LogP contribution >= 0.6 is 11.6 Å². The van der Waals surface area contributed by atoms with Gasteiger partial charge in [-0.3, -0.25) is 0 Å². The van der Waals surface area contributed by atoms with Crippen LogP contribution in [0.1, 0.15) is 24.8 Å². The fraction of sp³-hybridized carbons (Fsp3) is 0.440. The number of ether oxygens (including phenoxy) is 1. The van der Waals surface area contributed by atoms with Gasteiger partial charge in [0.2, 0.25) is 0 Å². The van der Waals surface area contributed by atoms with E-state index in [0.29, 0.717) is 30.2 Å². The minimum Gasteiger partial charge on any atom is -0.493 e. The predicted octanol–water partition coefficient (Wildman–Crippen LogP) is 2.38. The molecule has 0 radical (unpaired) electrons. The van der Waals surface area contributed by atoms with Crippen LogP contribution in [0.3, 0.4) is 0 Å². The van der Waals surface area contributed by atoms with Crippen molar-refractivity contribution in [1.82, 2.24) is 4.90 Å². The second kappa shape index (κ2) is 17.1. The topological polar surface area (TPSA) is 188 Å². The molecule has 2 fully saturated rings. The monoisotopic (exact) mass is 540 g/mol. The van der Waals surface area contributed by atoms with E-state index in [9.17, 15) is 19.2 Å². The Bertz CT molecular complexity index is 911. The van der Waals surface area contributed by atoms with Gasteiger partial charge >= 0.3 is 23.9 Å². The Morgan fingerprint density at radius 3 is 1.89 bits per heavy atom. The molecule has 1 heterocycles. The molecule has 204 valence electrons. The van der Waals surface area contributed by atoms with Crippen LogP contribution in [0.2, 0.25) is 5.02 Å². The van der Waals surface area contributed by atoms with Gasteiger partial charge in [-0.05, 0) is 74.4 Å². The molecular formula is C25H33ClN2O9. The lowest BCUT2D eigenvalue weighted by Gasteiger charge is -2.17. The Hall–Kier alpha value is -3.41. The van der Waals surface area contributed by atoms with Crippen LogP contribution in [0.4, 0.5) is 0 Å². The van der Waals surface area contributed by atoms with Gasteiger partial charge in [0.15, 0.2) is 0 Å². The van der Waals surface area contributed by atoms with E-state index in [1.807, 2.05) is 12.1 Å². The normalized spacial score (nSPS) is 17.0. The molecule has 11 nitrogen and oxygen atoms in total. The molecule has 0 spiro atoms. The molecule has 1 aromatic carbocycles. The third-order valence-electron chi connectivity index (χ3n) is 5.33. The molecule has 3 rings (SSSR count). The van der Waals surface area contributed by atoms with Crippen molar-refractivity contribution in [1.29, 1.82) is 0 Å². The van der Waals surface area contributed by atoms with Crippen LogP contribution in [-0.4, -0.2) is 82.0 Å². The van der Waals surface area contributed by atoms with E-state index in [1.165, 1.54) is 31.4 Å². The fourth-order valence-corrected chi connectivity index (χ4v) is 3.44. The Balaban J connectivity index is 0.000000355. The average Bonchev–Trinajstić information content (AvgIpc) is 3.55. The van der Waals surface area contributed by atoms with E-state index in [-0.39, 0.29) is 0 Å². The van der Waals surface area contributed by atoms with Gasteiger partial charge in [-0.25, -0.2) is 19.2 Å². The van der Waals surface area contributed by atoms with Gasteiger partial charge in [-0.2, -0.15) is 0 Å². The second-order valence-corrected chi connectivity index (χ2v) is 8.90. The van der Waals surface area contributed by atoms with Crippen molar-refractivity contribution in [3.8, 4) is 5.75 Å². The second-order valence-electron chi connectivity index (χ2n) is 8.47. The molecule has 1 aromatic rings. The number of carboxylic acids is 4. The Morgan fingerprint density at radius 2 is 1.46 bits per heavy atom. The highest BCUT2D eigenvalue weighted by molar-refractivity contribution is 6.30. The van der Waals surface area contributed by atoms with E-state index < -0.39 is 23.9 Å². The number of benzene rings is 1. The van der Waals surface area contributed by atoms with Crippen molar-refractivity contribution in [3.05, 3.63) is 53.1 Å². The lowest BCUT2D eigenvalue weighted by Crippen LogP contribution is -2.25. The van der Waals surface area contributed by atoms with Crippen LogP contribution in [0.15, 0.2) is 42.5 Å². The summed E-state index contributed by atoms with van der Waals surface area (Å²) in [6.45, 7) is 5.03. The molecule has 6 N–H and O–H groups in total. The molecule has 37 heavy (non-hydrogen) atoms. The summed E-state index contributed by atoms with van der Waals surface area (Å²) < 4.78 is 5.98. The summed E-state index contributed by atoms with van der Waals surface area (Å²) in [5.74, 6) is -2.56. The Labute approximate surface area is 219 Å². The summed E-state index contributed by atoms with van der Waals surface area (Å²) in [5.41, 5.74) is 6.99. The molecule has 0 unspecified atom stereocenters. The molecule has 1 atom stereocenters. The lowest BCUT2D eigenvalue weighted by molar-refractivity contribution is -0.134. The van der Waals surface area contributed by atoms with Gasteiger partial charge in [0.1, 0.15) is 5.75 Å². The molecule has 1 saturated heterocycles. The number of hydrogen-bond acceptors (Lipinski definition) is 7. The average molecular weight is 541 g/mol. The number of rotatable bonds is 11. The van der Waals surface area contributed by atoms with Crippen LogP contribution in [0.5, 0.6) is 5.75 Å². The van der Waals surface area contributed by atoms with Crippen molar-refractivity contribution in [3.63, 3.8) is 0 Å². The molecule has 0 amide bonds. The summed E-state index contributed by atoms with van der Waals surface area (Å²) >= 11 is 6.15. The number of halogens is 1. The molecule has 1 saturated carbocycles. The summed E-state index contributed by atoms with van der Waals surface area (Å²) in [6.07, 6.45) is 7.10. The van der Waals surface area contributed by atoms with E-state index in [2.05, 4.69) is 11.0 Å². The van der Waals surface area contributed by atoms with Crippen LogP contribution < -0.4 is 10.5 Å². The summed E-state index contributed by atoms with van der Waals surface area (Å²) in [6, 6.07) is 6.00. The van der Waals surface area contributed by atoms with Gasteiger partial charge in [0.05, 0.1) is 6.61 Å². The SMILES string of the molecule is NC[C@@H]1CCN(CCc2cc(Cl)ccc2OCC2CC2)C1.O=C(O)/C=C/C(=O)O.O=C(O)/C=C/C(=O)O. The van der Waals surface area contributed by atoms with Crippen molar-refractivity contribution in [2.24, 2.45) is 17.6 Å². The first-order chi connectivity index (χ1) is 17.5. The van der Waals surface area contributed by atoms with Crippen molar-refractivity contribution in [2.45, 2.75) is 25.7 Å². The van der Waals surface area contributed by atoms with E-state index in [4.69, 9.17) is 42.5 Å². The van der Waals surface area contributed by atoms with E-state index >= 15 is 0 Å². The van der Waals surface area contributed by atoms with Crippen molar-refractivity contribution < 1.29 is 44.3 Å². The van der Waals surface area contributed by atoms with Crippen LogP contribution in [0.25, 0.3) is 0 Å². The summed E-state index contributed by atoms with van der Waals surface area (Å²) in [4.78, 5) is 40.7. The number of aliphatic carboxylic acids is 4. The summed E-state index contributed by atoms with van der Waals surface area (Å²) in [5, 5.41) is 32.0. The quantitative estimate of drug-likeness (QED) is 0.259. The van der Waals surface area contributed by atoms with Gasteiger partial charge in [-0.1, -0.05) is 11.6 Å². The number of nitrogens with zero attached hydrogens (tertiary/aromatic N) is 1. The molecule has 1 aliphatic carbocycles. The molecule has 1 aliphatic heterocycles. The third-order valence-corrected chi connectivity index (χ3v) is 5.57. The number of nitrogens with two attached hydrogens (primary N) is 1. The van der Waals surface area contributed by atoms with E-state index in [1.54, 1.807) is 0 Å². The number of carboxylic acid groups (broad SMARTS) is 4. The minimum atomic E-state index is -1.26. The standard InChI is InChI=1S/C17H25ClN2O.2C4H4O4/c18-16-3-4-17(21-12-13-1-2-13)15(9-16)6-8-20-7-5-14(10-19)11-20;2*5-3(6)1-2-4(7)8/h3-4,9,13-14H,1-2,5-8,10-12,19H2;2*1-2H,(H,5,6)(H,7,8)/b;2*2-1+/t14-;;/m0../s1. The number of likely N-dealkylation sites (tertiary alicyclic amines) is 1. The minimum absolute atomic E-state index is 0.558. The highest BCUT2D eigenvalue weighted by atomic mass is 35.5. The molecule has 2 aliphatic rings. The largest absolute Gasteiger partial charge is 0.493 e. The predicted molar refractivity (Wildman–Crippen MR) is 136 cm³/mol. The third kappa shape index (κ3) is 16.0. The highest BCUT2D eigenvalue weighted by Gasteiger charge is 2.23. The number of hydrogen-bond donors (Lipinski definition) is 5. The Morgan fingerprint density at radius 1 is 0.919 bits per heavy atom. The van der Waals surface area contributed by atoms with Gasteiger partial charge in [0.25, 0.3) is 0 Å². The first-order valence-corrected chi connectivity index (χ1v) is 12.0. The lowest BCUT2D eigenvalue weighted by atomic mass is 10.1. The summed E-state index contributed by atoms with van der Waals surface area (Å²) in [7, 11) is 0. The number of carbonyl (C=O) groups is 4. The van der Waals surface area contributed by atoms with Gasteiger partial charge in [0, 0.05) is 42.4 Å². The smallest absolute Gasteiger partial charge is 0.328 e. The molecule has 0 bridgehead atoms. The maximum atomic E-state index is 9.55. The zero-order valence-electron chi connectivity index (χ0n) is 20.3. The zero-order valence-corrected chi connectivity index (χ0v) is 21.0. The van der Waals surface area contributed by atoms with Crippen LogP contribution in [-0.2, 0) is 25.6 Å². The van der Waals surface area contributed by atoms with Crippen molar-refractivity contribution in [2.75, 3.05) is 32.8 Å². The van der Waals surface area contributed by atoms with Gasteiger partial charge in [-0.15, -0.1) is 0 Å². The maximum absolute atomic E-state index is 9.55. The maximum Gasteiger partial charge on any atom is 0.328 e. The van der Waals surface area contributed by atoms with Crippen molar-refractivity contribution >= 4 is 35.5 Å². The Kier molecular flexibility index (Phi) is 14.6.